The van der Waals surface area contributed by atoms with Gasteiger partial charge in [-0.1, -0.05) is 6.42 Å². The zero-order valence-corrected chi connectivity index (χ0v) is 13.2. The van der Waals surface area contributed by atoms with E-state index in [0.717, 1.165) is 18.0 Å². The molecule has 2 aromatic rings. The van der Waals surface area contributed by atoms with Crippen LogP contribution in [0.3, 0.4) is 0 Å². The van der Waals surface area contributed by atoms with Gasteiger partial charge in [-0.25, -0.2) is 15.0 Å². The molecule has 0 radical (unpaired) electrons. The van der Waals surface area contributed by atoms with Crippen molar-refractivity contribution in [3.63, 3.8) is 0 Å². The molecule has 1 aliphatic rings. The number of hydrogen-bond donors (Lipinski definition) is 2. The minimum atomic E-state index is -0.0349. The number of hydrogen-bond acceptors (Lipinski definition) is 6. The first-order chi connectivity index (χ1) is 10.8. The fourth-order valence-electron chi connectivity index (χ4n) is 2.44. The summed E-state index contributed by atoms with van der Waals surface area (Å²) in [5.41, 5.74) is 1.17. The summed E-state index contributed by atoms with van der Waals surface area (Å²) in [6.45, 7) is 0.501. The van der Waals surface area contributed by atoms with Crippen molar-refractivity contribution in [3.8, 4) is 0 Å². The van der Waals surface area contributed by atoms with Crippen LogP contribution in [0.4, 0.5) is 11.1 Å². The molecule has 0 spiro atoms. The monoisotopic (exact) mass is 317 g/mol. The number of rotatable bonds is 5. The molecule has 1 amide bonds. The molecule has 0 fully saturated rings. The van der Waals surface area contributed by atoms with Gasteiger partial charge >= 0.3 is 0 Å². The highest BCUT2D eigenvalue weighted by Gasteiger charge is 2.15. The fraction of sp³-hybridized carbons (Fsp3) is 0.467. The number of nitrogens with zero attached hydrogens (tertiary/aromatic N) is 3. The molecule has 116 valence electrons. The number of amides is 1. The first-order valence-corrected chi connectivity index (χ1v) is 8.42. The Hall–Kier alpha value is -2.02. The Kier molecular flexibility index (Phi) is 4.95. The largest absolute Gasteiger partial charge is 0.354 e. The highest BCUT2D eigenvalue weighted by Crippen LogP contribution is 2.28. The number of aryl methyl sites for hydroxylation is 2. The predicted molar refractivity (Wildman–Crippen MR) is 87.1 cm³/mol. The quantitative estimate of drug-likeness (QED) is 0.829. The Balaban J connectivity index is 1.47. The second-order valence-corrected chi connectivity index (χ2v) is 6.33. The van der Waals surface area contributed by atoms with Crippen LogP contribution in [-0.4, -0.2) is 27.4 Å². The van der Waals surface area contributed by atoms with E-state index in [2.05, 4.69) is 25.6 Å². The Morgan fingerprint density at radius 3 is 2.86 bits per heavy atom. The number of aromatic nitrogens is 3. The minimum Gasteiger partial charge on any atom is -0.354 e. The molecule has 1 aliphatic carbocycles. The highest BCUT2D eigenvalue weighted by atomic mass is 32.1. The maximum atomic E-state index is 12.0. The van der Waals surface area contributed by atoms with Crippen molar-refractivity contribution in [2.45, 2.75) is 38.5 Å². The van der Waals surface area contributed by atoms with Crippen LogP contribution in [0, 0.1) is 0 Å². The number of carbonyl (C=O) groups is 1. The molecule has 0 bridgehead atoms. The van der Waals surface area contributed by atoms with Crippen molar-refractivity contribution >= 4 is 28.3 Å². The summed E-state index contributed by atoms with van der Waals surface area (Å²) in [6.07, 6.45) is 9.52. The van der Waals surface area contributed by atoms with E-state index < -0.39 is 0 Å². The Morgan fingerprint density at radius 1 is 1.18 bits per heavy atom. The topological polar surface area (TPSA) is 79.8 Å². The smallest absolute Gasteiger partial charge is 0.227 e. The SMILES string of the molecule is O=C(CCNc1ncccn1)Nc1nc2c(s1)CCCCC2. The van der Waals surface area contributed by atoms with Crippen LogP contribution in [0.15, 0.2) is 18.5 Å². The van der Waals surface area contributed by atoms with Crippen molar-refractivity contribution in [1.29, 1.82) is 0 Å². The van der Waals surface area contributed by atoms with E-state index in [9.17, 15) is 4.79 Å². The van der Waals surface area contributed by atoms with Crippen molar-refractivity contribution in [1.82, 2.24) is 15.0 Å². The molecule has 0 saturated carbocycles. The lowest BCUT2D eigenvalue weighted by Gasteiger charge is -2.04. The zero-order valence-electron chi connectivity index (χ0n) is 12.3. The van der Waals surface area contributed by atoms with Gasteiger partial charge in [-0.15, -0.1) is 11.3 Å². The number of thiazole rings is 1. The molecule has 22 heavy (non-hydrogen) atoms. The first-order valence-electron chi connectivity index (χ1n) is 7.60. The van der Waals surface area contributed by atoms with Crippen molar-refractivity contribution in [2.24, 2.45) is 0 Å². The molecule has 0 atom stereocenters. The number of carbonyl (C=O) groups excluding carboxylic acids is 1. The normalized spacial score (nSPS) is 14.0. The van der Waals surface area contributed by atoms with E-state index in [0.29, 0.717) is 18.9 Å². The summed E-state index contributed by atoms with van der Waals surface area (Å²) in [6, 6.07) is 1.75. The predicted octanol–water partition coefficient (Wildman–Crippen LogP) is 2.64. The molecule has 0 unspecified atom stereocenters. The van der Waals surface area contributed by atoms with Gasteiger partial charge in [-0.2, -0.15) is 0 Å². The van der Waals surface area contributed by atoms with Crippen molar-refractivity contribution < 1.29 is 4.79 Å². The fourth-order valence-corrected chi connectivity index (χ4v) is 3.51. The molecular weight excluding hydrogens is 298 g/mol. The van der Waals surface area contributed by atoms with Gasteiger partial charge in [-0.05, 0) is 31.7 Å². The van der Waals surface area contributed by atoms with Crippen LogP contribution in [0.2, 0.25) is 0 Å². The summed E-state index contributed by atoms with van der Waals surface area (Å²) in [7, 11) is 0. The van der Waals surface area contributed by atoms with Gasteiger partial charge < -0.3 is 10.6 Å². The molecule has 2 heterocycles. The van der Waals surface area contributed by atoms with Crippen LogP contribution in [0.5, 0.6) is 0 Å². The van der Waals surface area contributed by atoms with Crippen LogP contribution >= 0.6 is 11.3 Å². The van der Waals surface area contributed by atoms with Crippen molar-refractivity contribution in [3.05, 3.63) is 29.0 Å². The Bertz CT molecular complexity index is 605. The number of fused-ring (bicyclic) bond motifs is 1. The van der Waals surface area contributed by atoms with E-state index in [1.165, 1.54) is 29.8 Å². The third kappa shape index (κ3) is 4.00. The van der Waals surface area contributed by atoms with E-state index in [1.807, 2.05) is 0 Å². The third-order valence-electron chi connectivity index (χ3n) is 3.54. The van der Waals surface area contributed by atoms with Gasteiger partial charge in [0.2, 0.25) is 11.9 Å². The highest BCUT2D eigenvalue weighted by molar-refractivity contribution is 7.15. The van der Waals surface area contributed by atoms with E-state index in [4.69, 9.17) is 0 Å². The molecule has 6 nitrogen and oxygen atoms in total. The van der Waals surface area contributed by atoms with Crippen LogP contribution < -0.4 is 10.6 Å². The summed E-state index contributed by atoms with van der Waals surface area (Å²) in [5.74, 6) is 0.503. The van der Waals surface area contributed by atoms with Gasteiger partial charge in [-0.3, -0.25) is 4.79 Å². The van der Waals surface area contributed by atoms with E-state index in [-0.39, 0.29) is 5.91 Å². The van der Waals surface area contributed by atoms with Crippen molar-refractivity contribution in [2.75, 3.05) is 17.2 Å². The molecule has 0 aromatic carbocycles. The minimum absolute atomic E-state index is 0.0349. The summed E-state index contributed by atoms with van der Waals surface area (Å²) in [5, 5.41) is 6.64. The van der Waals surface area contributed by atoms with Gasteiger partial charge in [0.25, 0.3) is 0 Å². The second kappa shape index (κ2) is 7.31. The maximum absolute atomic E-state index is 12.0. The van der Waals surface area contributed by atoms with Crippen LogP contribution in [0.1, 0.15) is 36.3 Å². The molecule has 2 N–H and O–H groups in total. The standard InChI is InChI=1S/C15H19N5OS/c21-13(7-10-18-14-16-8-4-9-17-14)20-15-19-11-5-2-1-3-6-12(11)22-15/h4,8-9H,1-3,5-7,10H2,(H,16,17,18)(H,19,20,21). The Labute approximate surface area is 133 Å². The van der Waals surface area contributed by atoms with Crippen LogP contribution in [0.25, 0.3) is 0 Å². The molecule has 0 saturated heterocycles. The maximum Gasteiger partial charge on any atom is 0.227 e. The first kappa shape index (κ1) is 14.9. The Morgan fingerprint density at radius 2 is 2.00 bits per heavy atom. The molecule has 0 aliphatic heterocycles. The summed E-state index contributed by atoms with van der Waals surface area (Å²) in [4.78, 5) is 25.9. The molecular formula is C15H19N5OS. The summed E-state index contributed by atoms with van der Waals surface area (Å²) < 4.78 is 0. The van der Waals surface area contributed by atoms with E-state index in [1.54, 1.807) is 29.8 Å². The van der Waals surface area contributed by atoms with E-state index >= 15 is 0 Å². The molecule has 2 aromatic heterocycles. The lowest BCUT2D eigenvalue weighted by Crippen LogP contribution is -2.16. The average molecular weight is 317 g/mol. The van der Waals surface area contributed by atoms with Gasteiger partial charge in [0.05, 0.1) is 5.69 Å². The van der Waals surface area contributed by atoms with Gasteiger partial charge in [0.1, 0.15) is 0 Å². The second-order valence-electron chi connectivity index (χ2n) is 5.25. The average Bonchev–Trinajstić information content (AvgIpc) is 2.77. The van der Waals surface area contributed by atoms with Crippen LogP contribution in [-0.2, 0) is 17.6 Å². The lowest BCUT2D eigenvalue weighted by atomic mass is 10.2. The lowest BCUT2D eigenvalue weighted by molar-refractivity contribution is -0.115. The molecule has 3 rings (SSSR count). The number of anilines is 2. The number of nitrogens with one attached hydrogen (secondary N) is 2. The van der Waals surface area contributed by atoms with Gasteiger partial charge in [0, 0.05) is 30.2 Å². The zero-order chi connectivity index (χ0) is 15.2. The third-order valence-corrected chi connectivity index (χ3v) is 4.62. The van der Waals surface area contributed by atoms with Gasteiger partial charge in [0.15, 0.2) is 5.13 Å². The molecule has 7 heteroatoms. The summed E-state index contributed by atoms with van der Waals surface area (Å²) >= 11 is 1.62.